The second-order valence-corrected chi connectivity index (χ2v) is 6.39. The fraction of sp³-hybridized carbons (Fsp3) is 0.364. The summed E-state index contributed by atoms with van der Waals surface area (Å²) in [5.41, 5.74) is -0.464. The van der Waals surface area contributed by atoms with Gasteiger partial charge in [-0.3, -0.25) is 14.9 Å². The van der Waals surface area contributed by atoms with Gasteiger partial charge in [0.2, 0.25) is 10.0 Å². The quantitative estimate of drug-likeness (QED) is 0.611. The van der Waals surface area contributed by atoms with Gasteiger partial charge in [-0.25, -0.2) is 8.42 Å². The van der Waals surface area contributed by atoms with Gasteiger partial charge in [0.25, 0.3) is 0 Å². The highest BCUT2D eigenvalue weighted by Crippen LogP contribution is 2.32. The van der Waals surface area contributed by atoms with Crippen molar-refractivity contribution in [2.75, 3.05) is 20.2 Å². The highest BCUT2D eigenvalue weighted by atomic mass is 32.2. The number of rotatable bonds is 5. The van der Waals surface area contributed by atoms with Crippen molar-refractivity contribution in [2.45, 2.75) is 4.90 Å². The summed E-state index contributed by atoms with van der Waals surface area (Å²) >= 11 is 0. The number of hydrogen-bond acceptors (Lipinski definition) is 6. The summed E-state index contributed by atoms with van der Waals surface area (Å²) in [5.74, 6) is -1.86. The van der Waals surface area contributed by atoms with Crippen LogP contribution in [0.15, 0.2) is 23.1 Å². The first-order valence-electron chi connectivity index (χ1n) is 5.82. The van der Waals surface area contributed by atoms with Crippen LogP contribution in [0.3, 0.4) is 0 Å². The van der Waals surface area contributed by atoms with Crippen LogP contribution in [-0.2, 0) is 14.8 Å². The molecule has 2 rings (SSSR count). The Labute approximate surface area is 119 Å². The molecule has 1 N–H and O–H groups in total. The van der Waals surface area contributed by atoms with Crippen LogP contribution in [0.5, 0.6) is 5.75 Å². The number of nitrogens with zero attached hydrogens (tertiary/aromatic N) is 2. The van der Waals surface area contributed by atoms with E-state index in [4.69, 9.17) is 9.84 Å². The molecular weight excluding hydrogens is 304 g/mol. The molecule has 114 valence electrons. The van der Waals surface area contributed by atoms with E-state index < -0.39 is 32.5 Å². The van der Waals surface area contributed by atoms with Crippen LogP contribution in [0.25, 0.3) is 0 Å². The number of benzene rings is 1. The lowest BCUT2D eigenvalue weighted by Crippen LogP contribution is -2.52. The van der Waals surface area contributed by atoms with Crippen molar-refractivity contribution >= 4 is 21.7 Å². The molecule has 1 aromatic carbocycles. The number of ether oxygens (including phenoxy) is 1. The number of nitro benzene ring substituents is 1. The van der Waals surface area contributed by atoms with E-state index in [1.165, 1.54) is 19.2 Å². The zero-order valence-corrected chi connectivity index (χ0v) is 11.7. The van der Waals surface area contributed by atoms with Crippen LogP contribution < -0.4 is 4.74 Å². The molecule has 1 aromatic rings. The van der Waals surface area contributed by atoms with Crippen LogP contribution in [0, 0.1) is 16.0 Å². The highest BCUT2D eigenvalue weighted by Gasteiger charge is 2.41. The Morgan fingerprint density at radius 2 is 2.10 bits per heavy atom. The maximum Gasteiger partial charge on any atom is 0.312 e. The number of sulfonamides is 1. The number of aliphatic carboxylic acids is 1. The van der Waals surface area contributed by atoms with Crippen molar-refractivity contribution in [1.29, 1.82) is 0 Å². The summed E-state index contributed by atoms with van der Waals surface area (Å²) in [6.07, 6.45) is 0. The Bertz CT molecular complexity index is 695. The van der Waals surface area contributed by atoms with Gasteiger partial charge in [0.05, 0.1) is 22.8 Å². The fourth-order valence-corrected chi connectivity index (χ4v) is 3.46. The second kappa shape index (κ2) is 5.30. The molecule has 0 aromatic heterocycles. The summed E-state index contributed by atoms with van der Waals surface area (Å²) in [5, 5.41) is 19.6. The van der Waals surface area contributed by atoms with Gasteiger partial charge in [0.1, 0.15) is 0 Å². The largest absolute Gasteiger partial charge is 0.490 e. The maximum absolute atomic E-state index is 12.2. The van der Waals surface area contributed by atoms with Gasteiger partial charge in [-0.2, -0.15) is 4.31 Å². The van der Waals surface area contributed by atoms with Crippen molar-refractivity contribution in [3.8, 4) is 5.75 Å². The maximum atomic E-state index is 12.2. The summed E-state index contributed by atoms with van der Waals surface area (Å²) in [4.78, 5) is 20.6. The van der Waals surface area contributed by atoms with Crippen LogP contribution >= 0.6 is 0 Å². The molecule has 1 saturated heterocycles. The van der Waals surface area contributed by atoms with Crippen molar-refractivity contribution in [3.05, 3.63) is 28.3 Å². The predicted octanol–water partition coefficient (Wildman–Crippen LogP) is 0.308. The summed E-state index contributed by atoms with van der Waals surface area (Å²) in [6, 6.07) is 3.29. The van der Waals surface area contributed by atoms with Crippen molar-refractivity contribution in [1.82, 2.24) is 4.31 Å². The summed E-state index contributed by atoms with van der Waals surface area (Å²) in [6.45, 7) is -0.283. The lowest BCUT2D eigenvalue weighted by molar-refractivity contribution is -0.386. The van der Waals surface area contributed by atoms with Crippen molar-refractivity contribution < 1.29 is 28.0 Å². The highest BCUT2D eigenvalue weighted by molar-refractivity contribution is 7.89. The Kier molecular flexibility index (Phi) is 3.83. The molecule has 1 aliphatic heterocycles. The Balaban J connectivity index is 2.32. The first-order valence-corrected chi connectivity index (χ1v) is 7.26. The number of nitro groups is 1. The molecule has 1 aliphatic rings. The first-order chi connectivity index (χ1) is 9.77. The number of carbonyl (C=O) groups is 1. The van der Waals surface area contributed by atoms with Crippen LogP contribution in [-0.4, -0.2) is 48.9 Å². The SMILES string of the molecule is COc1ccc(S(=O)(=O)N2CC(C(=O)O)C2)cc1[N+](=O)[O-]. The number of methoxy groups -OCH3 is 1. The molecule has 0 saturated carbocycles. The minimum atomic E-state index is -3.94. The van der Waals surface area contributed by atoms with E-state index in [0.717, 1.165) is 10.4 Å². The minimum absolute atomic E-state index is 0.0500. The zero-order valence-electron chi connectivity index (χ0n) is 10.9. The van der Waals surface area contributed by atoms with Gasteiger partial charge in [-0.05, 0) is 12.1 Å². The third-order valence-electron chi connectivity index (χ3n) is 3.18. The van der Waals surface area contributed by atoms with E-state index in [1.807, 2.05) is 0 Å². The van der Waals surface area contributed by atoms with Crippen LogP contribution in [0.1, 0.15) is 0 Å². The number of hydrogen-bond donors (Lipinski definition) is 1. The monoisotopic (exact) mass is 316 g/mol. The number of carboxylic acids is 1. The molecule has 0 radical (unpaired) electrons. The molecule has 10 heteroatoms. The third kappa shape index (κ3) is 2.67. The Hall–Kier alpha value is -2.20. The smallest absolute Gasteiger partial charge is 0.312 e. The second-order valence-electron chi connectivity index (χ2n) is 4.45. The third-order valence-corrected chi connectivity index (χ3v) is 5.01. The van der Waals surface area contributed by atoms with Crippen molar-refractivity contribution in [2.24, 2.45) is 5.92 Å². The van der Waals surface area contributed by atoms with Gasteiger partial charge in [0.15, 0.2) is 5.75 Å². The van der Waals surface area contributed by atoms with E-state index in [0.29, 0.717) is 0 Å². The lowest BCUT2D eigenvalue weighted by atomic mass is 10.0. The number of carboxylic acid groups (broad SMARTS) is 1. The summed E-state index contributed by atoms with van der Waals surface area (Å²) in [7, 11) is -2.70. The zero-order chi connectivity index (χ0) is 15.8. The average molecular weight is 316 g/mol. The summed E-state index contributed by atoms with van der Waals surface area (Å²) < 4.78 is 30.2. The average Bonchev–Trinajstić information content (AvgIpc) is 2.35. The van der Waals surface area contributed by atoms with Gasteiger partial charge >= 0.3 is 11.7 Å². The van der Waals surface area contributed by atoms with Gasteiger partial charge < -0.3 is 9.84 Å². The Morgan fingerprint density at radius 1 is 1.48 bits per heavy atom. The topological polar surface area (TPSA) is 127 Å². The molecule has 1 heterocycles. The van der Waals surface area contributed by atoms with E-state index in [2.05, 4.69) is 0 Å². The molecule has 0 atom stereocenters. The van der Waals surface area contributed by atoms with Crippen LogP contribution in [0.4, 0.5) is 5.69 Å². The van der Waals surface area contributed by atoms with Crippen molar-refractivity contribution in [3.63, 3.8) is 0 Å². The lowest BCUT2D eigenvalue weighted by Gasteiger charge is -2.35. The molecule has 0 aliphatic carbocycles. The molecule has 1 fully saturated rings. The molecule has 0 unspecified atom stereocenters. The predicted molar refractivity (Wildman–Crippen MR) is 69.5 cm³/mol. The Morgan fingerprint density at radius 3 is 2.57 bits per heavy atom. The van der Waals surface area contributed by atoms with Gasteiger partial charge in [-0.15, -0.1) is 0 Å². The molecule has 9 nitrogen and oxygen atoms in total. The molecule has 21 heavy (non-hydrogen) atoms. The van der Waals surface area contributed by atoms with E-state index in [9.17, 15) is 23.3 Å². The normalized spacial score (nSPS) is 16.2. The fourth-order valence-electron chi connectivity index (χ4n) is 1.91. The van der Waals surface area contributed by atoms with E-state index in [1.54, 1.807) is 0 Å². The minimum Gasteiger partial charge on any atom is -0.490 e. The standard InChI is InChI=1S/C11H12N2O7S/c1-20-10-3-2-8(4-9(10)13(16)17)21(18,19)12-5-7(6-12)11(14)15/h2-4,7H,5-6H2,1H3,(H,14,15). The molecule has 0 spiro atoms. The molecule has 0 bridgehead atoms. The van der Waals surface area contributed by atoms with E-state index in [-0.39, 0.29) is 23.7 Å². The molecule has 0 amide bonds. The van der Waals surface area contributed by atoms with E-state index >= 15 is 0 Å². The first kappa shape index (κ1) is 15.2. The molecular formula is C11H12N2O7S. The van der Waals surface area contributed by atoms with Crippen LogP contribution in [0.2, 0.25) is 0 Å². The van der Waals surface area contributed by atoms with Gasteiger partial charge in [0, 0.05) is 19.2 Å². The van der Waals surface area contributed by atoms with Gasteiger partial charge in [-0.1, -0.05) is 0 Å².